The first-order valence-electron chi connectivity index (χ1n) is 8.66. The smallest absolute Gasteiger partial charge is 0.366 e. The van der Waals surface area contributed by atoms with Gasteiger partial charge in [0, 0.05) is 37.7 Å². The number of ether oxygens (including phenoxy) is 1. The van der Waals surface area contributed by atoms with E-state index in [-0.39, 0.29) is 30.4 Å². The number of nitrogens with two attached hydrogens (primary N) is 1. The van der Waals surface area contributed by atoms with Crippen LogP contribution >= 0.6 is 0 Å². The molecule has 2 aromatic rings. The van der Waals surface area contributed by atoms with Gasteiger partial charge in [-0.2, -0.15) is 0 Å². The van der Waals surface area contributed by atoms with E-state index in [1.807, 2.05) is 6.07 Å². The zero-order chi connectivity index (χ0) is 20.1. The van der Waals surface area contributed by atoms with Crippen LogP contribution in [0.25, 0.3) is 0 Å². The Bertz CT molecular complexity index is 889. The van der Waals surface area contributed by atoms with Gasteiger partial charge in [0.15, 0.2) is 5.75 Å². The molecule has 0 bridgehead atoms. The van der Waals surface area contributed by atoms with Crippen LogP contribution < -0.4 is 20.7 Å². The van der Waals surface area contributed by atoms with Crippen LogP contribution in [0.5, 0.6) is 5.75 Å². The van der Waals surface area contributed by atoms with Gasteiger partial charge in [-0.1, -0.05) is 30.3 Å². The SMILES string of the molecule is NCCNC(=O)CCN1C(=O)C(c2ccccc2)Oc2ccc([N+](=O)[O-])nc21. The summed E-state index contributed by atoms with van der Waals surface area (Å²) in [5.41, 5.74) is 5.99. The highest BCUT2D eigenvalue weighted by Gasteiger charge is 2.39. The fourth-order valence-corrected chi connectivity index (χ4v) is 2.80. The van der Waals surface area contributed by atoms with Gasteiger partial charge in [-0.25, -0.2) is 0 Å². The molecule has 0 fully saturated rings. The van der Waals surface area contributed by atoms with Crippen molar-refractivity contribution in [3.05, 3.63) is 58.1 Å². The normalized spacial score (nSPS) is 15.5. The number of hydrogen-bond donors (Lipinski definition) is 2. The molecule has 146 valence electrons. The number of benzene rings is 1. The molecule has 2 heterocycles. The summed E-state index contributed by atoms with van der Waals surface area (Å²) in [4.78, 5) is 40.6. The summed E-state index contributed by atoms with van der Waals surface area (Å²) in [5, 5.41) is 13.7. The number of hydrogen-bond acceptors (Lipinski definition) is 7. The lowest BCUT2D eigenvalue weighted by atomic mass is 10.1. The molecule has 1 unspecified atom stereocenters. The zero-order valence-corrected chi connectivity index (χ0v) is 14.9. The monoisotopic (exact) mass is 385 g/mol. The van der Waals surface area contributed by atoms with Gasteiger partial charge >= 0.3 is 5.82 Å². The molecule has 1 atom stereocenters. The van der Waals surface area contributed by atoms with Crippen molar-refractivity contribution < 1.29 is 19.2 Å². The lowest BCUT2D eigenvalue weighted by molar-refractivity contribution is -0.389. The number of nitrogens with zero attached hydrogens (tertiary/aromatic N) is 3. The Morgan fingerprint density at radius 3 is 2.71 bits per heavy atom. The number of nitro groups is 1. The van der Waals surface area contributed by atoms with E-state index in [0.717, 1.165) is 0 Å². The Kier molecular flexibility index (Phi) is 5.80. The van der Waals surface area contributed by atoms with Crippen molar-refractivity contribution in [3.8, 4) is 5.75 Å². The molecule has 2 amide bonds. The van der Waals surface area contributed by atoms with Crippen molar-refractivity contribution >= 4 is 23.5 Å². The minimum atomic E-state index is -0.927. The molecule has 0 radical (unpaired) electrons. The van der Waals surface area contributed by atoms with Crippen LogP contribution in [0, 0.1) is 10.1 Å². The van der Waals surface area contributed by atoms with Crippen LogP contribution in [0.4, 0.5) is 11.6 Å². The molecule has 3 rings (SSSR count). The van der Waals surface area contributed by atoms with E-state index >= 15 is 0 Å². The van der Waals surface area contributed by atoms with Crippen molar-refractivity contribution in [2.75, 3.05) is 24.5 Å². The Labute approximate surface area is 160 Å². The first kappa shape index (κ1) is 19.2. The van der Waals surface area contributed by atoms with E-state index in [1.165, 1.54) is 17.0 Å². The zero-order valence-electron chi connectivity index (χ0n) is 14.9. The lowest BCUT2D eigenvalue weighted by Crippen LogP contribution is -2.43. The van der Waals surface area contributed by atoms with Crippen LogP contribution in [-0.4, -0.2) is 41.4 Å². The second-order valence-corrected chi connectivity index (χ2v) is 6.04. The maximum atomic E-state index is 13.0. The Morgan fingerprint density at radius 1 is 1.29 bits per heavy atom. The van der Waals surface area contributed by atoms with Gasteiger partial charge < -0.3 is 25.9 Å². The van der Waals surface area contributed by atoms with Crippen molar-refractivity contribution in [1.82, 2.24) is 10.3 Å². The third-order valence-electron chi connectivity index (χ3n) is 4.13. The molecular formula is C18H19N5O5. The first-order chi connectivity index (χ1) is 13.5. The van der Waals surface area contributed by atoms with Crippen molar-refractivity contribution in [1.29, 1.82) is 0 Å². The average Bonchev–Trinajstić information content (AvgIpc) is 2.71. The molecule has 1 aliphatic rings. The minimum Gasteiger partial charge on any atom is -0.469 e. The van der Waals surface area contributed by atoms with Crippen LogP contribution in [-0.2, 0) is 9.59 Å². The largest absolute Gasteiger partial charge is 0.469 e. The summed E-state index contributed by atoms with van der Waals surface area (Å²) in [6.07, 6.45) is -0.930. The number of rotatable bonds is 7. The number of carbonyl (C=O) groups excluding carboxylic acids is 2. The lowest BCUT2D eigenvalue weighted by Gasteiger charge is -2.31. The number of anilines is 1. The number of carbonyl (C=O) groups is 2. The number of pyridine rings is 1. The molecular weight excluding hydrogens is 366 g/mol. The first-order valence-corrected chi connectivity index (χ1v) is 8.66. The van der Waals surface area contributed by atoms with Crippen LogP contribution in [0.15, 0.2) is 42.5 Å². The van der Waals surface area contributed by atoms with E-state index in [9.17, 15) is 19.7 Å². The highest BCUT2D eigenvalue weighted by atomic mass is 16.6. The molecule has 0 saturated carbocycles. The Hall–Kier alpha value is -3.53. The highest BCUT2D eigenvalue weighted by molar-refractivity contribution is 6.00. The number of amides is 2. The summed E-state index contributed by atoms with van der Waals surface area (Å²) in [5.74, 6) is -0.878. The predicted octanol–water partition coefficient (Wildman–Crippen LogP) is 0.922. The molecule has 1 aliphatic heterocycles. The standard InChI is InChI=1S/C18H19N5O5/c19-9-10-20-15(24)8-11-22-17-13(6-7-14(21-17)23(26)27)28-16(18(22)25)12-4-2-1-3-5-12/h1-7,16H,8-11,19H2,(H,20,24). The molecule has 0 aliphatic carbocycles. The molecule has 1 aromatic heterocycles. The van der Waals surface area contributed by atoms with Gasteiger partial charge in [-0.05, 0) is 16.0 Å². The van der Waals surface area contributed by atoms with Gasteiger partial charge in [0.2, 0.25) is 12.0 Å². The molecule has 1 aromatic carbocycles. The molecule has 28 heavy (non-hydrogen) atoms. The van der Waals surface area contributed by atoms with E-state index in [4.69, 9.17) is 10.5 Å². The molecule has 10 nitrogen and oxygen atoms in total. The van der Waals surface area contributed by atoms with Crippen molar-refractivity contribution in [2.45, 2.75) is 12.5 Å². The van der Waals surface area contributed by atoms with Gasteiger partial charge in [0.05, 0.1) is 0 Å². The fraction of sp³-hybridized carbons (Fsp3) is 0.278. The number of fused-ring (bicyclic) bond motifs is 1. The predicted molar refractivity (Wildman–Crippen MR) is 99.7 cm³/mol. The van der Waals surface area contributed by atoms with Crippen LogP contribution in [0.2, 0.25) is 0 Å². The van der Waals surface area contributed by atoms with Gasteiger partial charge in [-0.3, -0.25) is 14.5 Å². The van der Waals surface area contributed by atoms with E-state index in [0.29, 0.717) is 18.7 Å². The topological polar surface area (TPSA) is 141 Å². The van der Waals surface area contributed by atoms with Crippen LogP contribution in [0.3, 0.4) is 0 Å². The van der Waals surface area contributed by atoms with E-state index in [1.54, 1.807) is 24.3 Å². The van der Waals surface area contributed by atoms with Gasteiger partial charge in [-0.15, -0.1) is 0 Å². The fourth-order valence-electron chi connectivity index (χ4n) is 2.80. The van der Waals surface area contributed by atoms with Gasteiger partial charge in [0.25, 0.3) is 11.7 Å². The third kappa shape index (κ3) is 4.07. The molecule has 0 saturated heterocycles. The van der Waals surface area contributed by atoms with Crippen molar-refractivity contribution in [3.63, 3.8) is 0 Å². The summed E-state index contributed by atoms with van der Waals surface area (Å²) in [6.45, 7) is 0.626. The summed E-state index contributed by atoms with van der Waals surface area (Å²) < 4.78 is 5.77. The van der Waals surface area contributed by atoms with E-state index < -0.39 is 22.8 Å². The molecule has 0 spiro atoms. The van der Waals surface area contributed by atoms with E-state index in [2.05, 4.69) is 10.3 Å². The third-order valence-corrected chi connectivity index (χ3v) is 4.13. The number of aromatic nitrogens is 1. The van der Waals surface area contributed by atoms with Crippen LogP contribution in [0.1, 0.15) is 18.1 Å². The maximum absolute atomic E-state index is 13.0. The molecule has 10 heteroatoms. The maximum Gasteiger partial charge on any atom is 0.366 e. The summed E-state index contributed by atoms with van der Waals surface area (Å²) in [6, 6.07) is 11.5. The Morgan fingerprint density at radius 2 is 2.04 bits per heavy atom. The summed E-state index contributed by atoms with van der Waals surface area (Å²) >= 11 is 0. The summed E-state index contributed by atoms with van der Waals surface area (Å²) in [7, 11) is 0. The second kappa shape index (κ2) is 8.44. The highest BCUT2D eigenvalue weighted by Crippen LogP contribution is 2.38. The minimum absolute atomic E-state index is 0.00292. The molecule has 3 N–H and O–H groups in total. The number of nitrogens with one attached hydrogen (secondary N) is 1. The van der Waals surface area contributed by atoms with Crippen molar-refractivity contribution in [2.24, 2.45) is 5.73 Å². The van der Waals surface area contributed by atoms with Gasteiger partial charge in [0.1, 0.15) is 0 Å². The Balaban J connectivity index is 1.92. The quantitative estimate of drug-likeness (QED) is 0.533. The average molecular weight is 385 g/mol. The second-order valence-electron chi connectivity index (χ2n) is 6.04.